The van der Waals surface area contributed by atoms with Gasteiger partial charge in [-0.25, -0.2) is 0 Å². The Labute approximate surface area is 86.9 Å². The molecule has 0 aromatic rings. The first-order chi connectivity index (χ1) is 6.61. The number of amides is 1. The molecule has 1 atom stereocenters. The Morgan fingerprint density at radius 1 is 1.64 bits per heavy atom. The van der Waals surface area contributed by atoms with Crippen LogP contribution in [0.3, 0.4) is 0 Å². The van der Waals surface area contributed by atoms with Crippen molar-refractivity contribution in [2.45, 2.75) is 32.7 Å². The summed E-state index contributed by atoms with van der Waals surface area (Å²) in [4.78, 5) is 13.3. The van der Waals surface area contributed by atoms with Crippen LogP contribution in [-0.2, 0) is 4.79 Å². The Bertz CT molecular complexity index is 208. The van der Waals surface area contributed by atoms with Gasteiger partial charge in [0.2, 0.25) is 5.91 Å². The van der Waals surface area contributed by atoms with Gasteiger partial charge in [0.05, 0.1) is 13.1 Å². The molecule has 0 saturated heterocycles. The van der Waals surface area contributed by atoms with E-state index in [2.05, 4.69) is 25.1 Å². The van der Waals surface area contributed by atoms with Crippen LogP contribution in [0.1, 0.15) is 26.7 Å². The Kier molecular flexibility index (Phi) is 6.87. The highest BCUT2D eigenvalue weighted by molar-refractivity contribution is 5.78. The molecule has 0 aliphatic heterocycles. The number of terminal acetylenes is 1. The van der Waals surface area contributed by atoms with Gasteiger partial charge < -0.3 is 5.32 Å². The van der Waals surface area contributed by atoms with Crippen LogP contribution in [0.25, 0.3) is 0 Å². The fourth-order valence-electron chi connectivity index (χ4n) is 1.23. The van der Waals surface area contributed by atoms with Crippen molar-refractivity contribution in [3.8, 4) is 12.3 Å². The van der Waals surface area contributed by atoms with E-state index in [4.69, 9.17) is 6.42 Å². The van der Waals surface area contributed by atoms with E-state index in [0.717, 1.165) is 12.8 Å². The Balaban J connectivity index is 3.75. The van der Waals surface area contributed by atoms with E-state index in [0.29, 0.717) is 19.1 Å². The van der Waals surface area contributed by atoms with Gasteiger partial charge in [-0.15, -0.1) is 6.42 Å². The predicted octanol–water partition coefficient (Wildman–Crippen LogP) is 0.856. The van der Waals surface area contributed by atoms with E-state index in [1.165, 1.54) is 0 Å². The summed E-state index contributed by atoms with van der Waals surface area (Å²) in [5.41, 5.74) is 0. The zero-order valence-electron chi connectivity index (χ0n) is 9.34. The second-order valence-electron chi connectivity index (χ2n) is 3.53. The maximum atomic E-state index is 11.3. The maximum absolute atomic E-state index is 11.3. The van der Waals surface area contributed by atoms with Gasteiger partial charge in [0.25, 0.3) is 0 Å². The topological polar surface area (TPSA) is 32.3 Å². The summed E-state index contributed by atoms with van der Waals surface area (Å²) in [5.74, 6) is 2.37. The molecule has 1 N–H and O–H groups in total. The largest absolute Gasteiger partial charge is 0.344 e. The van der Waals surface area contributed by atoms with Crippen molar-refractivity contribution in [1.82, 2.24) is 10.2 Å². The van der Waals surface area contributed by atoms with Crippen LogP contribution in [-0.4, -0.2) is 37.0 Å². The lowest BCUT2D eigenvalue weighted by Gasteiger charge is -2.23. The minimum Gasteiger partial charge on any atom is -0.344 e. The predicted molar refractivity (Wildman–Crippen MR) is 58.8 cm³/mol. The van der Waals surface area contributed by atoms with Crippen molar-refractivity contribution < 1.29 is 4.79 Å². The lowest BCUT2D eigenvalue weighted by molar-refractivity contribution is -0.122. The zero-order valence-corrected chi connectivity index (χ0v) is 9.34. The molecule has 0 saturated carbocycles. The third-order valence-electron chi connectivity index (χ3n) is 2.24. The lowest BCUT2D eigenvalue weighted by Crippen LogP contribution is -2.39. The summed E-state index contributed by atoms with van der Waals surface area (Å²) in [6, 6.07) is 0.441. The molecular formula is C11H20N2O. The quantitative estimate of drug-likeness (QED) is 0.639. The van der Waals surface area contributed by atoms with Crippen LogP contribution in [0.4, 0.5) is 0 Å². The highest BCUT2D eigenvalue weighted by Crippen LogP contribution is 2.02. The van der Waals surface area contributed by atoms with E-state index >= 15 is 0 Å². The first kappa shape index (κ1) is 13.0. The highest BCUT2D eigenvalue weighted by atomic mass is 16.2. The van der Waals surface area contributed by atoms with Gasteiger partial charge in [0.1, 0.15) is 0 Å². The first-order valence-electron chi connectivity index (χ1n) is 5.02. The molecule has 0 bridgehead atoms. The summed E-state index contributed by atoms with van der Waals surface area (Å²) < 4.78 is 0. The standard InChI is InChI=1S/C11H20N2O/c1-5-7-10(3)13(4)9-11(14)12-8-6-2/h2,10H,5,7-9H2,1,3-4H3,(H,12,14). The Morgan fingerprint density at radius 3 is 2.79 bits per heavy atom. The average molecular weight is 196 g/mol. The molecular weight excluding hydrogens is 176 g/mol. The second kappa shape index (κ2) is 7.40. The van der Waals surface area contributed by atoms with Crippen molar-refractivity contribution in [3.05, 3.63) is 0 Å². The molecule has 14 heavy (non-hydrogen) atoms. The fourth-order valence-corrected chi connectivity index (χ4v) is 1.23. The first-order valence-corrected chi connectivity index (χ1v) is 5.02. The molecule has 3 nitrogen and oxygen atoms in total. The van der Waals surface area contributed by atoms with E-state index in [1.807, 2.05) is 11.9 Å². The number of nitrogens with one attached hydrogen (secondary N) is 1. The summed E-state index contributed by atoms with van der Waals surface area (Å²) in [5, 5.41) is 2.64. The third-order valence-corrected chi connectivity index (χ3v) is 2.24. The van der Waals surface area contributed by atoms with E-state index in [1.54, 1.807) is 0 Å². The number of likely N-dealkylation sites (N-methyl/N-ethyl adjacent to an activating group) is 1. The van der Waals surface area contributed by atoms with Crippen LogP contribution in [0, 0.1) is 12.3 Å². The van der Waals surface area contributed by atoms with Crippen molar-refractivity contribution in [2.24, 2.45) is 0 Å². The van der Waals surface area contributed by atoms with Gasteiger partial charge in [-0.3, -0.25) is 9.69 Å². The number of rotatable bonds is 6. The van der Waals surface area contributed by atoms with Crippen molar-refractivity contribution in [1.29, 1.82) is 0 Å². The van der Waals surface area contributed by atoms with E-state index in [-0.39, 0.29) is 5.91 Å². The Hall–Kier alpha value is -1.01. The number of hydrogen-bond donors (Lipinski definition) is 1. The van der Waals surface area contributed by atoms with Crippen LogP contribution in [0.5, 0.6) is 0 Å². The van der Waals surface area contributed by atoms with Gasteiger partial charge in [-0.1, -0.05) is 19.3 Å². The number of hydrogen-bond acceptors (Lipinski definition) is 2. The summed E-state index contributed by atoms with van der Waals surface area (Å²) in [7, 11) is 1.95. The van der Waals surface area contributed by atoms with Gasteiger partial charge in [-0.2, -0.15) is 0 Å². The van der Waals surface area contributed by atoms with E-state index < -0.39 is 0 Å². The molecule has 1 amide bonds. The van der Waals surface area contributed by atoms with Crippen molar-refractivity contribution in [2.75, 3.05) is 20.1 Å². The normalized spacial score (nSPS) is 12.2. The highest BCUT2D eigenvalue weighted by Gasteiger charge is 2.11. The molecule has 0 aromatic carbocycles. The van der Waals surface area contributed by atoms with Gasteiger partial charge in [0.15, 0.2) is 0 Å². The summed E-state index contributed by atoms with van der Waals surface area (Å²) >= 11 is 0. The molecule has 80 valence electrons. The molecule has 0 aliphatic rings. The fraction of sp³-hybridized carbons (Fsp3) is 0.727. The molecule has 0 rings (SSSR count). The molecule has 1 unspecified atom stereocenters. The maximum Gasteiger partial charge on any atom is 0.234 e. The van der Waals surface area contributed by atoms with Crippen LogP contribution >= 0.6 is 0 Å². The number of carbonyl (C=O) groups is 1. The van der Waals surface area contributed by atoms with Crippen molar-refractivity contribution >= 4 is 5.91 Å². The minimum atomic E-state index is -0.00611. The monoisotopic (exact) mass is 196 g/mol. The molecule has 0 radical (unpaired) electrons. The lowest BCUT2D eigenvalue weighted by atomic mass is 10.2. The third kappa shape index (κ3) is 5.60. The average Bonchev–Trinajstić information content (AvgIpc) is 2.15. The molecule has 0 heterocycles. The van der Waals surface area contributed by atoms with Crippen LogP contribution in [0.15, 0.2) is 0 Å². The molecule has 0 spiro atoms. The van der Waals surface area contributed by atoms with Crippen LogP contribution < -0.4 is 5.32 Å². The van der Waals surface area contributed by atoms with Gasteiger partial charge in [-0.05, 0) is 20.4 Å². The SMILES string of the molecule is C#CCNC(=O)CN(C)C(C)CCC. The summed E-state index contributed by atoms with van der Waals surface area (Å²) in [6.45, 7) is 5.00. The molecule has 0 aliphatic carbocycles. The number of carbonyl (C=O) groups excluding carboxylic acids is 1. The van der Waals surface area contributed by atoms with Gasteiger partial charge >= 0.3 is 0 Å². The number of nitrogens with zero attached hydrogens (tertiary/aromatic N) is 1. The van der Waals surface area contributed by atoms with Crippen LogP contribution in [0.2, 0.25) is 0 Å². The molecule has 0 aromatic heterocycles. The molecule has 3 heteroatoms. The Morgan fingerprint density at radius 2 is 2.29 bits per heavy atom. The van der Waals surface area contributed by atoms with E-state index in [9.17, 15) is 4.79 Å². The van der Waals surface area contributed by atoms with Crippen molar-refractivity contribution in [3.63, 3.8) is 0 Å². The summed E-state index contributed by atoms with van der Waals surface area (Å²) in [6.07, 6.45) is 7.28. The second-order valence-corrected chi connectivity index (χ2v) is 3.53. The zero-order chi connectivity index (χ0) is 11.0. The van der Waals surface area contributed by atoms with Gasteiger partial charge in [0, 0.05) is 6.04 Å². The smallest absolute Gasteiger partial charge is 0.234 e. The minimum absolute atomic E-state index is 0.00611. The molecule has 0 fully saturated rings.